The summed E-state index contributed by atoms with van der Waals surface area (Å²) < 4.78 is 14.5. The van der Waals surface area contributed by atoms with Gasteiger partial charge < -0.3 is 0 Å². The Labute approximate surface area is 167 Å². The first-order valence-electron chi connectivity index (χ1n) is 9.74. The number of hydrogen-bond donors (Lipinski definition) is 1. The lowest BCUT2D eigenvalue weighted by molar-refractivity contribution is 0.488. The van der Waals surface area contributed by atoms with Gasteiger partial charge in [0.15, 0.2) is 0 Å². The molecular formula is C25H26NOP. The Balaban J connectivity index is 1.80. The van der Waals surface area contributed by atoms with Gasteiger partial charge in [0, 0.05) is 16.7 Å². The molecule has 3 atom stereocenters. The van der Waals surface area contributed by atoms with E-state index in [1.807, 2.05) is 84.9 Å². The van der Waals surface area contributed by atoms with Crippen LogP contribution < -0.4 is 15.7 Å². The minimum atomic E-state index is -3.01. The van der Waals surface area contributed by atoms with Gasteiger partial charge in [-0.1, -0.05) is 79.7 Å². The molecule has 1 fully saturated rings. The van der Waals surface area contributed by atoms with E-state index < -0.39 is 7.29 Å². The fourth-order valence-corrected chi connectivity index (χ4v) is 6.48. The van der Waals surface area contributed by atoms with Gasteiger partial charge in [-0.3, -0.25) is 9.65 Å². The van der Waals surface area contributed by atoms with Crippen molar-refractivity contribution in [2.24, 2.45) is 11.3 Å². The van der Waals surface area contributed by atoms with Gasteiger partial charge >= 0.3 is 0 Å². The summed E-state index contributed by atoms with van der Waals surface area (Å²) in [6, 6.07) is 29.9. The van der Waals surface area contributed by atoms with E-state index in [2.05, 4.69) is 30.7 Å². The number of benzene rings is 3. The van der Waals surface area contributed by atoms with Crippen LogP contribution in [0.1, 0.15) is 24.9 Å². The number of rotatable bonds is 7. The average Bonchev–Trinajstić information content (AvgIpc) is 3.45. The molecule has 3 heteroatoms. The zero-order valence-corrected chi connectivity index (χ0v) is 17.1. The van der Waals surface area contributed by atoms with Crippen LogP contribution in [0.5, 0.6) is 0 Å². The van der Waals surface area contributed by atoms with E-state index in [0.29, 0.717) is 5.92 Å². The zero-order chi connectivity index (χ0) is 19.6. The molecule has 28 heavy (non-hydrogen) atoms. The van der Waals surface area contributed by atoms with Gasteiger partial charge in [-0.15, -0.1) is 6.58 Å². The molecule has 0 unspecified atom stereocenters. The third-order valence-electron chi connectivity index (χ3n) is 5.93. The molecule has 1 N–H and O–H groups in total. The molecule has 3 aromatic carbocycles. The van der Waals surface area contributed by atoms with Crippen LogP contribution in [0, 0.1) is 11.3 Å². The zero-order valence-electron chi connectivity index (χ0n) is 16.2. The largest absolute Gasteiger partial charge is 0.297 e. The molecule has 3 aromatic rings. The summed E-state index contributed by atoms with van der Waals surface area (Å²) in [6.07, 6.45) is 3.10. The van der Waals surface area contributed by atoms with Crippen molar-refractivity contribution in [3.8, 4) is 0 Å². The second-order valence-corrected chi connectivity index (χ2v) is 10.3. The van der Waals surface area contributed by atoms with E-state index in [4.69, 9.17) is 0 Å². The molecule has 0 radical (unpaired) electrons. The molecule has 1 aliphatic rings. The lowest BCUT2D eigenvalue weighted by Gasteiger charge is -2.28. The van der Waals surface area contributed by atoms with Crippen LogP contribution in [-0.2, 0) is 4.57 Å². The Hall–Kier alpha value is -2.41. The molecule has 0 saturated heterocycles. The van der Waals surface area contributed by atoms with Crippen molar-refractivity contribution in [1.82, 2.24) is 5.09 Å². The summed E-state index contributed by atoms with van der Waals surface area (Å²) in [5.74, 6) is 0.369. The number of hydrogen-bond acceptors (Lipinski definition) is 1. The predicted molar refractivity (Wildman–Crippen MR) is 118 cm³/mol. The maximum absolute atomic E-state index is 14.5. The van der Waals surface area contributed by atoms with Gasteiger partial charge in [0.25, 0.3) is 0 Å². The van der Waals surface area contributed by atoms with Crippen molar-refractivity contribution < 1.29 is 4.57 Å². The van der Waals surface area contributed by atoms with Crippen LogP contribution in [0.3, 0.4) is 0 Å². The van der Waals surface area contributed by atoms with Crippen LogP contribution >= 0.6 is 7.29 Å². The summed E-state index contributed by atoms with van der Waals surface area (Å²) >= 11 is 0. The van der Waals surface area contributed by atoms with Gasteiger partial charge in [0.2, 0.25) is 7.29 Å². The molecule has 0 aromatic heterocycles. The van der Waals surface area contributed by atoms with Gasteiger partial charge in [-0.05, 0) is 47.6 Å². The standard InChI is InChI=1S/C25H26NOP/c1-3-25(2)19-23(25)24(20-13-7-4-8-14-20)26-28(27,21-15-9-5-10-16-21)22-17-11-6-12-18-22/h3-18,23-24H,1,19H2,2H3,(H,26,27)/t23-,24+,25+/m0/s1. The van der Waals surface area contributed by atoms with Crippen molar-refractivity contribution in [2.45, 2.75) is 19.4 Å². The number of allylic oxidation sites excluding steroid dienone is 1. The van der Waals surface area contributed by atoms with Crippen molar-refractivity contribution in [3.63, 3.8) is 0 Å². The van der Waals surface area contributed by atoms with E-state index in [9.17, 15) is 4.57 Å². The minimum absolute atomic E-state index is 0.00422. The second kappa shape index (κ2) is 7.54. The molecular weight excluding hydrogens is 361 g/mol. The van der Waals surface area contributed by atoms with E-state index >= 15 is 0 Å². The average molecular weight is 387 g/mol. The van der Waals surface area contributed by atoms with Gasteiger partial charge in [0.1, 0.15) is 0 Å². The molecule has 2 nitrogen and oxygen atoms in total. The van der Waals surface area contributed by atoms with E-state index in [-0.39, 0.29) is 11.5 Å². The third-order valence-corrected chi connectivity index (χ3v) is 8.63. The quantitative estimate of drug-likeness (QED) is 0.431. The van der Waals surface area contributed by atoms with Crippen molar-refractivity contribution in [3.05, 3.63) is 109 Å². The summed E-state index contributed by atoms with van der Waals surface area (Å²) in [5.41, 5.74) is 1.25. The Morgan fingerprint density at radius 2 is 1.39 bits per heavy atom. The lowest BCUT2D eigenvalue weighted by Crippen LogP contribution is -2.32. The molecule has 0 spiro atoms. The van der Waals surface area contributed by atoms with Gasteiger partial charge in [-0.2, -0.15) is 0 Å². The highest BCUT2D eigenvalue weighted by Gasteiger charge is 2.53. The Kier molecular flexibility index (Phi) is 5.10. The first kappa shape index (κ1) is 18.9. The monoisotopic (exact) mass is 387 g/mol. The lowest BCUT2D eigenvalue weighted by atomic mass is 9.97. The van der Waals surface area contributed by atoms with Crippen molar-refractivity contribution in [2.75, 3.05) is 0 Å². The maximum atomic E-state index is 14.5. The molecule has 0 bridgehead atoms. The Morgan fingerprint density at radius 3 is 1.82 bits per heavy atom. The normalized spacial score (nSPS) is 22.4. The molecule has 0 aliphatic heterocycles. The van der Waals surface area contributed by atoms with Crippen LogP contribution in [0.25, 0.3) is 0 Å². The fourth-order valence-electron chi connectivity index (χ4n) is 3.98. The van der Waals surface area contributed by atoms with E-state index in [0.717, 1.165) is 17.0 Å². The highest BCUT2D eigenvalue weighted by Crippen LogP contribution is 2.61. The highest BCUT2D eigenvalue weighted by molar-refractivity contribution is 7.76. The second-order valence-electron chi connectivity index (χ2n) is 7.82. The van der Waals surface area contributed by atoms with Crippen LogP contribution in [0.15, 0.2) is 104 Å². The molecule has 0 heterocycles. The fraction of sp³-hybridized carbons (Fsp3) is 0.200. The molecule has 1 saturated carbocycles. The summed E-state index contributed by atoms with van der Waals surface area (Å²) in [7, 11) is -3.01. The highest BCUT2D eigenvalue weighted by atomic mass is 31.2. The summed E-state index contributed by atoms with van der Waals surface area (Å²) in [5, 5.41) is 5.31. The maximum Gasteiger partial charge on any atom is 0.205 e. The van der Waals surface area contributed by atoms with Crippen LogP contribution in [0.4, 0.5) is 0 Å². The Morgan fingerprint density at radius 1 is 0.929 bits per heavy atom. The van der Waals surface area contributed by atoms with Crippen LogP contribution in [0.2, 0.25) is 0 Å². The molecule has 1 aliphatic carbocycles. The third kappa shape index (κ3) is 3.51. The van der Waals surface area contributed by atoms with Crippen molar-refractivity contribution >= 4 is 17.9 Å². The van der Waals surface area contributed by atoms with Gasteiger partial charge in [-0.25, -0.2) is 0 Å². The topological polar surface area (TPSA) is 29.1 Å². The van der Waals surface area contributed by atoms with Gasteiger partial charge in [0.05, 0.1) is 0 Å². The Bertz CT molecular complexity index is 943. The first-order valence-corrected chi connectivity index (χ1v) is 11.5. The molecule has 0 amide bonds. The van der Waals surface area contributed by atoms with E-state index in [1.54, 1.807) is 0 Å². The summed E-state index contributed by atoms with van der Waals surface area (Å²) in [6.45, 7) is 6.27. The smallest absolute Gasteiger partial charge is 0.205 e. The van der Waals surface area contributed by atoms with Crippen LogP contribution in [-0.4, -0.2) is 0 Å². The summed E-state index contributed by atoms with van der Waals surface area (Å²) in [4.78, 5) is 0. The SMILES string of the molecule is C=C[C@]1(C)C[C@H]1[C@H](NP(=O)(c1ccccc1)c1ccccc1)c1ccccc1. The predicted octanol–water partition coefficient (Wildman–Crippen LogP) is 5.46. The minimum Gasteiger partial charge on any atom is -0.297 e. The van der Waals surface area contributed by atoms with Crippen molar-refractivity contribution in [1.29, 1.82) is 0 Å². The number of nitrogens with one attached hydrogen (secondary N) is 1. The first-order chi connectivity index (χ1) is 13.6. The van der Waals surface area contributed by atoms with E-state index in [1.165, 1.54) is 5.56 Å². The molecule has 142 valence electrons. The molecule has 4 rings (SSSR count).